The summed E-state index contributed by atoms with van der Waals surface area (Å²) >= 11 is 0. The summed E-state index contributed by atoms with van der Waals surface area (Å²) in [6.07, 6.45) is 1.49. The van der Waals surface area contributed by atoms with Crippen LogP contribution in [0.2, 0.25) is 0 Å². The number of sulfonamides is 1. The first kappa shape index (κ1) is 22.6. The van der Waals surface area contributed by atoms with Crippen LogP contribution >= 0.6 is 0 Å². The van der Waals surface area contributed by atoms with E-state index >= 15 is 0 Å². The van der Waals surface area contributed by atoms with Crippen molar-refractivity contribution in [3.63, 3.8) is 0 Å². The zero-order valence-electron chi connectivity index (χ0n) is 16.4. The fourth-order valence-electron chi connectivity index (χ4n) is 2.30. The largest absolute Gasteiger partial charge is 0.494 e. The standard InChI is InChI=1S/C19H25N3O6S/c1-3-27-15-6-8-16(9-7-15)29(24,25)21-12-10-18(23)22-17-5-4-11-20-19(17)28-14-13-26-2/h4-9,11,21H,3,10,12-14H2,1-2H3,(H,22,23). The quantitative estimate of drug-likeness (QED) is 0.500. The normalized spacial score (nSPS) is 11.1. The van der Waals surface area contributed by atoms with Gasteiger partial charge in [0.1, 0.15) is 18.0 Å². The third-order valence-corrected chi connectivity index (χ3v) is 5.14. The molecule has 0 atom stereocenters. The second-order valence-corrected chi connectivity index (χ2v) is 7.56. The molecule has 1 heterocycles. The topological polar surface area (TPSA) is 116 Å². The summed E-state index contributed by atoms with van der Waals surface area (Å²) in [5.41, 5.74) is 0.406. The highest BCUT2D eigenvalue weighted by Crippen LogP contribution is 2.20. The van der Waals surface area contributed by atoms with Gasteiger partial charge in [0.15, 0.2) is 0 Å². The molecule has 10 heteroatoms. The minimum Gasteiger partial charge on any atom is -0.494 e. The van der Waals surface area contributed by atoms with Gasteiger partial charge in [0, 0.05) is 26.3 Å². The number of hydrogen-bond acceptors (Lipinski definition) is 7. The monoisotopic (exact) mass is 423 g/mol. The number of methoxy groups -OCH3 is 1. The number of carbonyl (C=O) groups is 1. The number of carbonyl (C=O) groups excluding carboxylic acids is 1. The molecule has 0 radical (unpaired) electrons. The molecule has 0 spiro atoms. The Hall–Kier alpha value is -2.69. The zero-order valence-corrected chi connectivity index (χ0v) is 17.2. The van der Waals surface area contributed by atoms with E-state index in [1.54, 1.807) is 37.6 Å². The lowest BCUT2D eigenvalue weighted by Gasteiger charge is -2.11. The van der Waals surface area contributed by atoms with Gasteiger partial charge in [-0.15, -0.1) is 0 Å². The van der Waals surface area contributed by atoms with Crippen LogP contribution in [0.4, 0.5) is 5.69 Å². The molecule has 2 rings (SSSR count). The smallest absolute Gasteiger partial charge is 0.240 e. The summed E-state index contributed by atoms with van der Waals surface area (Å²) in [7, 11) is -2.17. The van der Waals surface area contributed by atoms with Crippen LogP contribution < -0.4 is 19.5 Å². The second-order valence-electron chi connectivity index (χ2n) is 5.80. The van der Waals surface area contributed by atoms with Gasteiger partial charge >= 0.3 is 0 Å². The Morgan fingerprint density at radius 2 is 1.86 bits per heavy atom. The predicted molar refractivity (Wildman–Crippen MR) is 108 cm³/mol. The summed E-state index contributed by atoms with van der Waals surface area (Å²) in [5, 5.41) is 2.67. The SMILES string of the molecule is CCOc1ccc(S(=O)(=O)NCCC(=O)Nc2cccnc2OCCOC)cc1. The number of aromatic nitrogens is 1. The predicted octanol–water partition coefficient (Wildman–Crippen LogP) is 1.81. The van der Waals surface area contributed by atoms with Gasteiger partial charge in [0.2, 0.25) is 21.8 Å². The van der Waals surface area contributed by atoms with E-state index in [0.29, 0.717) is 24.7 Å². The van der Waals surface area contributed by atoms with Crippen molar-refractivity contribution in [2.45, 2.75) is 18.2 Å². The number of hydrogen-bond donors (Lipinski definition) is 2. The molecule has 0 unspecified atom stereocenters. The maximum atomic E-state index is 12.3. The average Bonchev–Trinajstić information content (AvgIpc) is 2.70. The number of nitrogens with zero attached hydrogens (tertiary/aromatic N) is 1. The molecule has 0 aliphatic heterocycles. The van der Waals surface area contributed by atoms with Gasteiger partial charge in [-0.25, -0.2) is 18.1 Å². The number of anilines is 1. The maximum absolute atomic E-state index is 12.3. The van der Waals surface area contributed by atoms with E-state index in [9.17, 15) is 13.2 Å². The lowest BCUT2D eigenvalue weighted by atomic mass is 10.3. The van der Waals surface area contributed by atoms with Crippen molar-refractivity contribution >= 4 is 21.6 Å². The highest BCUT2D eigenvalue weighted by Gasteiger charge is 2.15. The summed E-state index contributed by atoms with van der Waals surface area (Å²) < 4.78 is 42.7. The molecule has 0 saturated carbocycles. The highest BCUT2D eigenvalue weighted by molar-refractivity contribution is 7.89. The van der Waals surface area contributed by atoms with E-state index in [1.165, 1.54) is 12.1 Å². The minimum atomic E-state index is -3.72. The van der Waals surface area contributed by atoms with E-state index in [1.807, 2.05) is 6.92 Å². The number of benzene rings is 1. The van der Waals surface area contributed by atoms with Crippen LogP contribution in [0.15, 0.2) is 47.5 Å². The lowest BCUT2D eigenvalue weighted by Crippen LogP contribution is -2.28. The van der Waals surface area contributed by atoms with E-state index in [0.717, 1.165) is 0 Å². The van der Waals surface area contributed by atoms with Gasteiger partial charge < -0.3 is 19.5 Å². The fraction of sp³-hybridized carbons (Fsp3) is 0.368. The van der Waals surface area contributed by atoms with Crippen LogP contribution in [0.5, 0.6) is 11.6 Å². The summed E-state index contributed by atoms with van der Waals surface area (Å²) in [4.78, 5) is 16.3. The maximum Gasteiger partial charge on any atom is 0.240 e. The average molecular weight is 423 g/mol. The van der Waals surface area contributed by atoms with Gasteiger partial charge in [0.05, 0.1) is 18.1 Å². The molecule has 2 N–H and O–H groups in total. The Balaban J connectivity index is 1.86. The Kier molecular flexibility index (Phi) is 8.84. The number of rotatable bonds is 12. The van der Waals surface area contributed by atoms with E-state index < -0.39 is 10.0 Å². The lowest BCUT2D eigenvalue weighted by molar-refractivity contribution is -0.116. The van der Waals surface area contributed by atoms with Crippen molar-refractivity contribution in [1.29, 1.82) is 0 Å². The summed E-state index contributed by atoms with van der Waals surface area (Å²) in [6, 6.07) is 9.38. The fourth-order valence-corrected chi connectivity index (χ4v) is 3.33. The molecule has 9 nitrogen and oxygen atoms in total. The first-order valence-electron chi connectivity index (χ1n) is 9.05. The molecule has 158 valence electrons. The number of pyridine rings is 1. The number of amides is 1. The van der Waals surface area contributed by atoms with Crippen LogP contribution in [-0.2, 0) is 19.6 Å². The molecular weight excluding hydrogens is 398 g/mol. The number of ether oxygens (including phenoxy) is 3. The van der Waals surface area contributed by atoms with Crippen molar-refractivity contribution in [1.82, 2.24) is 9.71 Å². The van der Waals surface area contributed by atoms with Crippen molar-refractivity contribution in [2.24, 2.45) is 0 Å². The van der Waals surface area contributed by atoms with E-state index in [4.69, 9.17) is 14.2 Å². The molecule has 2 aromatic rings. The zero-order chi connectivity index (χ0) is 21.1. The molecule has 0 saturated heterocycles. The van der Waals surface area contributed by atoms with Crippen LogP contribution in [-0.4, -0.2) is 52.8 Å². The van der Waals surface area contributed by atoms with Crippen molar-refractivity contribution in [3.05, 3.63) is 42.6 Å². The van der Waals surface area contributed by atoms with Gasteiger partial charge in [-0.3, -0.25) is 4.79 Å². The van der Waals surface area contributed by atoms with Crippen LogP contribution in [0.3, 0.4) is 0 Å². The molecule has 29 heavy (non-hydrogen) atoms. The Morgan fingerprint density at radius 1 is 1.10 bits per heavy atom. The summed E-state index contributed by atoms with van der Waals surface area (Å²) in [5.74, 6) is 0.489. The molecular formula is C19H25N3O6S. The van der Waals surface area contributed by atoms with Crippen molar-refractivity contribution in [3.8, 4) is 11.6 Å². The van der Waals surface area contributed by atoms with E-state index in [-0.39, 0.29) is 36.3 Å². The van der Waals surface area contributed by atoms with Crippen LogP contribution in [0, 0.1) is 0 Å². The number of nitrogens with one attached hydrogen (secondary N) is 2. The molecule has 0 aliphatic carbocycles. The molecule has 1 amide bonds. The van der Waals surface area contributed by atoms with Crippen molar-refractivity contribution in [2.75, 3.05) is 38.8 Å². The Bertz CT molecular complexity index is 887. The summed E-state index contributed by atoms with van der Waals surface area (Å²) in [6.45, 7) is 2.96. The minimum absolute atomic E-state index is 0.0529. The van der Waals surface area contributed by atoms with E-state index in [2.05, 4.69) is 15.0 Å². The van der Waals surface area contributed by atoms with Crippen LogP contribution in [0.25, 0.3) is 0 Å². The molecule has 1 aromatic carbocycles. The second kappa shape index (κ2) is 11.3. The molecule has 0 aliphatic rings. The van der Waals surface area contributed by atoms with Gasteiger partial charge in [-0.1, -0.05) is 0 Å². The first-order valence-corrected chi connectivity index (χ1v) is 10.5. The third kappa shape index (κ3) is 7.33. The van der Waals surface area contributed by atoms with Gasteiger partial charge in [0.25, 0.3) is 0 Å². The Morgan fingerprint density at radius 3 is 2.55 bits per heavy atom. The first-order chi connectivity index (χ1) is 14.0. The van der Waals surface area contributed by atoms with Gasteiger partial charge in [-0.2, -0.15) is 0 Å². The Labute approximate surface area is 170 Å². The van der Waals surface area contributed by atoms with Crippen LogP contribution in [0.1, 0.15) is 13.3 Å². The molecule has 0 bridgehead atoms. The third-order valence-electron chi connectivity index (χ3n) is 3.66. The van der Waals surface area contributed by atoms with Gasteiger partial charge in [-0.05, 0) is 43.3 Å². The van der Waals surface area contributed by atoms with Crippen molar-refractivity contribution < 1.29 is 27.4 Å². The molecule has 0 fully saturated rings. The highest BCUT2D eigenvalue weighted by atomic mass is 32.2. The molecule has 1 aromatic heterocycles.